The Labute approximate surface area is 211 Å². The van der Waals surface area contributed by atoms with Gasteiger partial charge in [-0.05, 0) is 48.5 Å². The minimum Gasteiger partial charge on any atom is -0.457 e. The number of carbonyl (C=O) groups excluding carboxylic acids is 1. The van der Waals surface area contributed by atoms with Gasteiger partial charge in [0.1, 0.15) is 11.5 Å². The highest BCUT2D eigenvalue weighted by Gasteiger charge is 2.20. The average Bonchev–Trinajstić information content (AvgIpc) is 3.28. The lowest BCUT2D eigenvalue weighted by Gasteiger charge is -2.34. The molecule has 5 rings (SSSR count). The normalized spacial score (nSPS) is 14.3. The number of thiazole rings is 1. The Morgan fingerprint density at radius 1 is 0.971 bits per heavy atom. The predicted molar refractivity (Wildman–Crippen MR) is 141 cm³/mol. The van der Waals surface area contributed by atoms with Gasteiger partial charge in [-0.2, -0.15) is 0 Å². The number of fused-ring (bicyclic) bond motifs is 1. The fourth-order valence-electron chi connectivity index (χ4n) is 3.94. The molecular formula is C26H25BrN4O2S. The van der Waals surface area contributed by atoms with Gasteiger partial charge in [0.05, 0.1) is 10.2 Å². The summed E-state index contributed by atoms with van der Waals surface area (Å²) in [5.41, 5.74) is 1.65. The molecule has 1 N–H and O–H groups in total. The summed E-state index contributed by atoms with van der Waals surface area (Å²) in [6, 6.07) is 23.1. The van der Waals surface area contributed by atoms with Crippen LogP contribution in [-0.2, 0) is 0 Å². The Morgan fingerprint density at radius 3 is 2.59 bits per heavy atom. The molecule has 4 aromatic rings. The lowest BCUT2D eigenvalue weighted by molar-refractivity contribution is 0.0947. The van der Waals surface area contributed by atoms with Crippen molar-refractivity contribution in [1.82, 2.24) is 15.2 Å². The van der Waals surface area contributed by atoms with Crippen LogP contribution < -0.4 is 15.0 Å². The summed E-state index contributed by atoms with van der Waals surface area (Å²) in [6.07, 6.45) is 0. The van der Waals surface area contributed by atoms with E-state index in [1.807, 2.05) is 54.6 Å². The standard InChI is InChI=1S/C26H25BrN4O2S/c27-20-9-10-23-24(18-20)34-26(29-23)31-15-13-30(14-16-31)12-11-28-25(32)19-5-4-8-22(17-19)33-21-6-2-1-3-7-21/h1-10,17-18H,11-16H2,(H,28,32). The Bertz CT molecular complexity index is 1270. The average molecular weight is 537 g/mol. The van der Waals surface area contributed by atoms with Gasteiger partial charge in [0.15, 0.2) is 5.13 Å². The summed E-state index contributed by atoms with van der Waals surface area (Å²) in [6.45, 7) is 5.22. The van der Waals surface area contributed by atoms with Crippen LogP contribution in [-0.4, -0.2) is 55.1 Å². The first-order valence-electron chi connectivity index (χ1n) is 11.3. The molecule has 0 unspecified atom stereocenters. The molecule has 0 aliphatic carbocycles. The van der Waals surface area contributed by atoms with Crippen LogP contribution in [0.3, 0.4) is 0 Å². The van der Waals surface area contributed by atoms with Crippen LogP contribution in [0.1, 0.15) is 10.4 Å². The Morgan fingerprint density at radius 2 is 1.76 bits per heavy atom. The number of piperazine rings is 1. The lowest BCUT2D eigenvalue weighted by atomic mass is 10.2. The minimum absolute atomic E-state index is 0.0854. The highest BCUT2D eigenvalue weighted by molar-refractivity contribution is 9.10. The molecule has 1 fully saturated rings. The minimum atomic E-state index is -0.0854. The molecule has 34 heavy (non-hydrogen) atoms. The van der Waals surface area contributed by atoms with Gasteiger partial charge in [0.2, 0.25) is 0 Å². The summed E-state index contributed by atoms with van der Waals surface area (Å²) in [5, 5.41) is 4.12. The molecular weight excluding hydrogens is 512 g/mol. The van der Waals surface area contributed by atoms with Crippen molar-refractivity contribution >= 4 is 48.5 Å². The molecule has 0 atom stereocenters. The molecule has 1 aromatic heterocycles. The van der Waals surface area contributed by atoms with Gasteiger partial charge in [-0.15, -0.1) is 0 Å². The van der Waals surface area contributed by atoms with Crippen molar-refractivity contribution in [3.8, 4) is 11.5 Å². The highest BCUT2D eigenvalue weighted by atomic mass is 79.9. The number of amides is 1. The van der Waals surface area contributed by atoms with Crippen LogP contribution in [0, 0.1) is 0 Å². The monoisotopic (exact) mass is 536 g/mol. The first kappa shape index (κ1) is 22.8. The number of nitrogens with one attached hydrogen (secondary N) is 1. The van der Waals surface area contributed by atoms with E-state index in [1.165, 1.54) is 4.70 Å². The van der Waals surface area contributed by atoms with Crippen LogP contribution in [0.25, 0.3) is 10.2 Å². The van der Waals surface area contributed by atoms with Gasteiger partial charge in [0.25, 0.3) is 5.91 Å². The number of para-hydroxylation sites is 1. The third-order valence-electron chi connectivity index (χ3n) is 5.77. The van der Waals surface area contributed by atoms with E-state index in [2.05, 4.69) is 43.2 Å². The molecule has 1 saturated heterocycles. The summed E-state index contributed by atoms with van der Waals surface area (Å²) in [5.74, 6) is 1.31. The molecule has 6 nitrogen and oxygen atoms in total. The van der Waals surface area contributed by atoms with Crippen LogP contribution in [0.15, 0.2) is 77.3 Å². The molecule has 1 amide bonds. The zero-order valence-electron chi connectivity index (χ0n) is 18.6. The molecule has 0 bridgehead atoms. The van der Waals surface area contributed by atoms with Crippen molar-refractivity contribution in [3.05, 3.63) is 82.8 Å². The van der Waals surface area contributed by atoms with Crippen molar-refractivity contribution in [3.63, 3.8) is 0 Å². The van der Waals surface area contributed by atoms with E-state index in [-0.39, 0.29) is 5.91 Å². The van der Waals surface area contributed by atoms with E-state index >= 15 is 0 Å². The maximum Gasteiger partial charge on any atom is 0.251 e. The summed E-state index contributed by atoms with van der Waals surface area (Å²) in [4.78, 5) is 22.2. The first-order valence-corrected chi connectivity index (χ1v) is 12.9. The first-order chi connectivity index (χ1) is 16.6. The van der Waals surface area contributed by atoms with Crippen molar-refractivity contribution in [1.29, 1.82) is 0 Å². The molecule has 3 aromatic carbocycles. The molecule has 2 heterocycles. The number of nitrogens with zero attached hydrogens (tertiary/aromatic N) is 3. The maximum atomic E-state index is 12.6. The van der Waals surface area contributed by atoms with E-state index in [0.29, 0.717) is 17.9 Å². The molecule has 8 heteroatoms. The van der Waals surface area contributed by atoms with Crippen LogP contribution in [0.4, 0.5) is 5.13 Å². The number of hydrogen-bond acceptors (Lipinski definition) is 6. The van der Waals surface area contributed by atoms with E-state index in [1.54, 1.807) is 17.4 Å². The Balaban J connectivity index is 1.08. The second-order valence-corrected chi connectivity index (χ2v) is 10.1. The third-order valence-corrected chi connectivity index (χ3v) is 7.34. The zero-order chi connectivity index (χ0) is 23.3. The molecule has 174 valence electrons. The number of rotatable bonds is 7. The van der Waals surface area contributed by atoms with Crippen LogP contribution in [0.5, 0.6) is 11.5 Å². The molecule has 0 saturated carbocycles. The van der Waals surface area contributed by atoms with Gasteiger partial charge >= 0.3 is 0 Å². The highest BCUT2D eigenvalue weighted by Crippen LogP contribution is 2.31. The molecule has 1 aliphatic rings. The predicted octanol–water partition coefficient (Wildman–Crippen LogP) is 5.40. The fraction of sp³-hybridized carbons (Fsp3) is 0.231. The molecule has 0 spiro atoms. The molecule has 1 aliphatic heterocycles. The topological polar surface area (TPSA) is 57.7 Å². The van der Waals surface area contributed by atoms with Crippen molar-refractivity contribution in [2.45, 2.75) is 0 Å². The van der Waals surface area contributed by atoms with E-state index in [4.69, 9.17) is 9.72 Å². The van der Waals surface area contributed by atoms with Crippen molar-refractivity contribution in [2.24, 2.45) is 0 Å². The summed E-state index contributed by atoms with van der Waals surface area (Å²) < 4.78 is 8.12. The largest absolute Gasteiger partial charge is 0.457 e. The Hall–Kier alpha value is -2.94. The fourth-order valence-corrected chi connectivity index (χ4v) is 5.51. The van der Waals surface area contributed by atoms with Gasteiger partial charge in [-0.3, -0.25) is 9.69 Å². The zero-order valence-corrected chi connectivity index (χ0v) is 21.0. The number of carbonyl (C=O) groups is 1. The van der Waals surface area contributed by atoms with Gasteiger partial charge in [-0.1, -0.05) is 51.5 Å². The number of ether oxygens (including phenoxy) is 1. The smallest absolute Gasteiger partial charge is 0.251 e. The van der Waals surface area contributed by atoms with E-state index < -0.39 is 0 Å². The lowest BCUT2D eigenvalue weighted by Crippen LogP contribution is -2.48. The van der Waals surface area contributed by atoms with Gasteiger partial charge < -0.3 is 15.0 Å². The van der Waals surface area contributed by atoms with Crippen molar-refractivity contribution < 1.29 is 9.53 Å². The number of aromatic nitrogens is 1. The summed E-state index contributed by atoms with van der Waals surface area (Å²) in [7, 11) is 0. The maximum absolute atomic E-state index is 12.6. The SMILES string of the molecule is O=C(NCCN1CCN(c2nc3ccc(Br)cc3s2)CC1)c1cccc(Oc2ccccc2)c1. The number of benzene rings is 3. The Kier molecular flexibility index (Phi) is 7.08. The quantitative estimate of drug-likeness (QED) is 0.342. The van der Waals surface area contributed by atoms with Gasteiger partial charge in [-0.25, -0.2) is 4.98 Å². The second-order valence-electron chi connectivity index (χ2n) is 8.14. The van der Waals surface area contributed by atoms with Crippen LogP contribution >= 0.6 is 27.3 Å². The van der Waals surface area contributed by atoms with E-state index in [9.17, 15) is 4.79 Å². The third kappa shape index (κ3) is 5.58. The number of halogens is 1. The number of anilines is 1. The second kappa shape index (κ2) is 10.5. The molecule has 0 radical (unpaired) electrons. The van der Waals surface area contributed by atoms with Crippen molar-refractivity contribution in [2.75, 3.05) is 44.2 Å². The summed E-state index contributed by atoms with van der Waals surface area (Å²) >= 11 is 5.27. The van der Waals surface area contributed by atoms with E-state index in [0.717, 1.165) is 53.6 Å². The number of hydrogen-bond donors (Lipinski definition) is 1. The van der Waals surface area contributed by atoms with Gasteiger partial charge in [0, 0.05) is 49.3 Å². The van der Waals surface area contributed by atoms with Crippen LogP contribution in [0.2, 0.25) is 0 Å².